The number of aliphatic carboxylic acids is 1. The van der Waals surface area contributed by atoms with E-state index in [1.165, 1.54) is 18.7 Å². The average molecular weight is 309 g/mol. The van der Waals surface area contributed by atoms with Gasteiger partial charge in [0.05, 0.1) is 18.1 Å². The number of carboxylic acids is 1. The van der Waals surface area contributed by atoms with Crippen LogP contribution in [0.4, 0.5) is 0 Å². The second-order valence-corrected chi connectivity index (χ2v) is 6.71. The van der Waals surface area contributed by atoms with Gasteiger partial charge in [0.25, 0.3) is 0 Å². The molecule has 114 valence electrons. The number of hydrogen-bond donors (Lipinski definition) is 3. The van der Waals surface area contributed by atoms with Crippen molar-refractivity contribution in [2.45, 2.75) is 36.2 Å². The van der Waals surface area contributed by atoms with E-state index in [-0.39, 0.29) is 5.25 Å². The van der Waals surface area contributed by atoms with Crippen LogP contribution in [0.5, 0.6) is 5.75 Å². The third kappa shape index (κ3) is 3.68. The number of carbonyl (C=O) groups is 1. The topological polar surface area (TPSA) is 101 Å². The number of carboxylic acid groups (broad SMARTS) is 1. The number of hydrogen-bond acceptors (Lipinski definition) is 5. The summed E-state index contributed by atoms with van der Waals surface area (Å²) in [5.74, 6) is -0.236. The fourth-order valence-corrected chi connectivity index (χ4v) is 3.20. The molecule has 0 spiro atoms. The van der Waals surface area contributed by atoms with Crippen molar-refractivity contribution in [2.24, 2.45) is 5.73 Å². The summed E-state index contributed by atoms with van der Waals surface area (Å²) in [4.78, 5) is 18.7. The van der Waals surface area contributed by atoms with Gasteiger partial charge in [0.1, 0.15) is 11.3 Å². The smallest absolute Gasteiger partial charge is 0.323 e. The lowest BCUT2D eigenvalue weighted by molar-refractivity contribution is -0.142. The van der Waals surface area contributed by atoms with Crippen molar-refractivity contribution in [3.63, 3.8) is 0 Å². The number of rotatable bonds is 6. The highest BCUT2D eigenvalue weighted by Gasteiger charge is 2.30. The van der Waals surface area contributed by atoms with Crippen LogP contribution in [0.2, 0.25) is 0 Å². The maximum atomic E-state index is 11.0. The SMILES string of the molecule is COc1ccc2nc(SC(C)CC(C)(N)C(=O)O)[nH]c2c1. The van der Waals surface area contributed by atoms with Gasteiger partial charge in [0.15, 0.2) is 5.16 Å². The number of methoxy groups -OCH3 is 1. The zero-order valence-electron chi connectivity index (χ0n) is 12.2. The monoisotopic (exact) mass is 309 g/mol. The standard InChI is InChI=1S/C14H19N3O3S/c1-8(7-14(2,15)12(18)19)21-13-16-10-5-4-9(20-3)6-11(10)17-13/h4-6,8H,7,15H2,1-3H3,(H,16,17)(H,18,19). The number of thioether (sulfide) groups is 1. The Bertz CT molecular complexity index is 654. The highest BCUT2D eigenvalue weighted by molar-refractivity contribution is 7.99. The van der Waals surface area contributed by atoms with Gasteiger partial charge in [-0.15, -0.1) is 0 Å². The summed E-state index contributed by atoms with van der Waals surface area (Å²) in [6, 6.07) is 5.60. The zero-order chi connectivity index (χ0) is 15.6. The van der Waals surface area contributed by atoms with Gasteiger partial charge in [-0.1, -0.05) is 18.7 Å². The Morgan fingerprint density at radius 1 is 1.62 bits per heavy atom. The molecule has 0 fully saturated rings. The lowest BCUT2D eigenvalue weighted by Gasteiger charge is -2.22. The van der Waals surface area contributed by atoms with Crippen LogP contribution in [0.1, 0.15) is 20.3 Å². The van der Waals surface area contributed by atoms with Crippen molar-refractivity contribution < 1.29 is 14.6 Å². The van der Waals surface area contributed by atoms with E-state index in [0.717, 1.165) is 21.9 Å². The Morgan fingerprint density at radius 2 is 2.33 bits per heavy atom. The van der Waals surface area contributed by atoms with Crippen LogP contribution in [0, 0.1) is 0 Å². The second kappa shape index (κ2) is 5.95. The number of H-pyrrole nitrogens is 1. The van der Waals surface area contributed by atoms with E-state index in [1.54, 1.807) is 7.11 Å². The largest absolute Gasteiger partial charge is 0.497 e. The van der Waals surface area contributed by atoms with E-state index in [1.807, 2.05) is 25.1 Å². The first-order valence-corrected chi connectivity index (χ1v) is 7.42. The van der Waals surface area contributed by atoms with Gasteiger partial charge in [0, 0.05) is 11.3 Å². The number of aromatic amines is 1. The molecule has 1 aromatic heterocycles. The number of ether oxygens (including phenoxy) is 1. The Labute approximate surface area is 127 Å². The quantitative estimate of drug-likeness (QED) is 0.707. The first-order chi connectivity index (χ1) is 9.81. The van der Waals surface area contributed by atoms with Crippen LogP contribution in [0.3, 0.4) is 0 Å². The molecule has 7 heteroatoms. The van der Waals surface area contributed by atoms with Crippen molar-refractivity contribution in [2.75, 3.05) is 7.11 Å². The van der Waals surface area contributed by atoms with E-state index >= 15 is 0 Å². The predicted octanol–water partition coefficient (Wildman–Crippen LogP) is 2.24. The molecule has 0 aliphatic heterocycles. The Morgan fingerprint density at radius 3 is 2.95 bits per heavy atom. The number of nitrogens with zero attached hydrogens (tertiary/aromatic N) is 1. The van der Waals surface area contributed by atoms with Crippen molar-refractivity contribution in [3.05, 3.63) is 18.2 Å². The lowest BCUT2D eigenvalue weighted by atomic mass is 9.98. The molecular weight excluding hydrogens is 290 g/mol. The third-order valence-corrected chi connectivity index (χ3v) is 4.17. The number of benzene rings is 1. The van der Waals surface area contributed by atoms with Gasteiger partial charge >= 0.3 is 5.97 Å². The van der Waals surface area contributed by atoms with Crippen molar-refractivity contribution in [1.29, 1.82) is 0 Å². The summed E-state index contributed by atoms with van der Waals surface area (Å²) < 4.78 is 5.17. The minimum Gasteiger partial charge on any atom is -0.497 e. The van der Waals surface area contributed by atoms with Crippen molar-refractivity contribution in [3.8, 4) is 5.75 Å². The summed E-state index contributed by atoms with van der Waals surface area (Å²) >= 11 is 1.48. The molecule has 4 N–H and O–H groups in total. The molecule has 2 atom stereocenters. The summed E-state index contributed by atoms with van der Waals surface area (Å²) in [5.41, 5.74) is 6.27. The van der Waals surface area contributed by atoms with Crippen LogP contribution >= 0.6 is 11.8 Å². The Hall–Kier alpha value is -1.73. The third-order valence-electron chi connectivity index (χ3n) is 3.18. The van der Waals surface area contributed by atoms with E-state index in [4.69, 9.17) is 15.6 Å². The number of aromatic nitrogens is 2. The van der Waals surface area contributed by atoms with Crippen LogP contribution in [0.25, 0.3) is 11.0 Å². The first-order valence-electron chi connectivity index (χ1n) is 6.54. The Balaban J connectivity index is 2.11. The minimum atomic E-state index is -1.23. The summed E-state index contributed by atoms with van der Waals surface area (Å²) in [7, 11) is 1.61. The lowest BCUT2D eigenvalue weighted by Crippen LogP contribution is -2.46. The molecule has 2 rings (SSSR count). The van der Waals surface area contributed by atoms with Crippen molar-refractivity contribution in [1.82, 2.24) is 9.97 Å². The molecular formula is C14H19N3O3S. The molecule has 1 heterocycles. The maximum absolute atomic E-state index is 11.0. The number of imidazole rings is 1. The highest BCUT2D eigenvalue weighted by atomic mass is 32.2. The van der Waals surface area contributed by atoms with Gasteiger partial charge in [-0.05, 0) is 25.5 Å². The fourth-order valence-electron chi connectivity index (χ4n) is 2.06. The molecule has 0 radical (unpaired) electrons. The van der Waals surface area contributed by atoms with Crippen LogP contribution < -0.4 is 10.5 Å². The van der Waals surface area contributed by atoms with Crippen LogP contribution in [-0.4, -0.2) is 38.9 Å². The molecule has 2 aromatic rings. The van der Waals surface area contributed by atoms with Gasteiger partial charge in [-0.3, -0.25) is 4.79 Å². The van der Waals surface area contributed by atoms with Gasteiger partial charge in [-0.2, -0.15) is 0 Å². The summed E-state index contributed by atoms with van der Waals surface area (Å²) in [6.45, 7) is 3.46. The normalized spacial score (nSPS) is 15.6. The first kappa shape index (κ1) is 15.7. The van der Waals surface area contributed by atoms with Crippen molar-refractivity contribution >= 4 is 28.8 Å². The number of nitrogens with two attached hydrogens (primary N) is 1. The Kier molecular flexibility index (Phi) is 4.43. The number of fused-ring (bicyclic) bond motifs is 1. The van der Waals surface area contributed by atoms with Gasteiger partial charge < -0.3 is 20.6 Å². The summed E-state index contributed by atoms with van der Waals surface area (Å²) in [6.07, 6.45) is 0.355. The van der Waals surface area contributed by atoms with Gasteiger partial charge in [-0.25, -0.2) is 4.98 Å². The van der Waals surface area contributed by atoms with E-state index in [9.17, 15) is 4.79 Å². The molecule has 21 heavy (non-hydrogen) atoms. The highest BCUT2D eigenvalue weighted by Crippen LogP contribution is 2.28. The fraction of sp³-hybridized carbons (Fsp3) is 0.429. The minimum absolute atomic E-state index is 0.0264. The molecule has 0 bridgehead atoms. The molecule has 0 saturated heterocycles. The van der Waals surface area contributed by atoms with Crippen LogP contribution in [0.15, 0.2) is 23.4 Å². The molecule has 6 nitrogen and oxygen atoms in total. The van der Waals surface area contributed by atoms with Gasteiger partial charge in [0.2, 0.25) is 0 Å². The molecule has 0 amide bonds. The number of nitrogens with one attached hydrogen (secondary N) is 1. The predicted molar refractivity (Wildman–Crippen MR) is 82.8 cm³/mol. The molecule has 0 aliphatic rings. The molecule has 0 saturated carbocycles. The zero-order valence-corrected chi connectivity index (χ0v) is 13.0. The van der Waals surface area contributed by atoms with E-state index in [0.29, 0.717) is 6.42 Å². The molecule has 1 aromatic carbocycles. The maximum Gasteiger partial charge on any atom is 0.323 e. The van der Waals surface area contributed by atoms with E-state index in [2.05, 4.69) is 9.97 Å². The second-order valence-electron chi connectivity index (χ2n) is 5.28. The molecule has 0 aliphatic carbocycles. The van der Waals surface area contributed by atoms with E-state index < -0.39 is 11.5 Å². The van der Waals surface area contributed by atoms with Crippen LogP contribution in [-0.2, 0) is 4.79 Å². The summed E-state index contributed by atoms with van der Waals surface area (Å²) in [5, 5.41) is 9.83. The molecule has 2 unspecified atom stereocenters. The average Bonchev–Trinajstić information content (AvgIpc) is 2.78.